The fourth-order valence-corrected chi connectivity index (χ4v) is 9.20. The third-order valence-electron chi connectivity index (χ3n) is 5.71. The number of rotatable bonds is 13. The van der Waals surface area contributed by atoms with Gasteiger partial charge >= 0.3 is 0 Å². The summed E-state index contributed by atoms with van der Waals surface area (Å²) < 4.78 is 2.34. The molecule has 0 aliphatic carbocycles. The number of nitrogens with zero attached hydrogens (tertiary/aromatic N) is 2. The lowest BCUT2D eigenvalue weighted by Gasteiger charge is -2.00. The van der Waals surface area contributed by atoms with Crippen LogP contribution in [0.25, 0.3) is 29.5 Å². The number of thiazole rings is 2. The molecule has 0 unspecified atom stereocenters. The lowest BCUT2D eigenvalue weighted by atomic mass is 10.1. The van der Waals surface area contributed by atoms with Gasteiger partial charge in [-0.3, -0.25) is 0 Å². The SMILES string of the molecule is CCCCCCc1nc(-c2nc(CCCCCC)c(-c3ccc(Br)s3)s2)sc1-c1ccc(Br)s1. The average molecular weight is 659 g/mol. The van der Waals surface area contributed by atoms with Crippen LogP contribution in [-0.2, 0) is 12.8 Å². The zero-order chi connectivity index (χ0) is 23.9. The van der Waals surface area contributed by atoms with E-state index in [4.69, 9.17) is 9.97 Å². The first-order valence-corrected chi connectivity index (χ1v) is 17.0. The van der Waals surface area contributed by atoms with Crippen molar-refractivity contribution in [3.05, 3.63) is 43.2 Å². The van der Waals surface area contributed by atoms with Gasteiger partial charge in [0.1, 0.15) is 0 Å². The summed E-state index contributed by atoms with van der Waals surface area (Å²) in [6.07, 6.45) is 12.1. The first-order valence-electron chi connectivity index (χ1n) is 12.1. The number of halogens is 2. The summed E-state index contributed by atoms with van der Waals surface area (Å²) in [5, 5.41) is 2.15. The van der Waals surface area contributed by atoms with Crippen LogP contribution in [0.15, 0.2) is 31.8 Å². The molecule has 34 heavy (non-hydrogen) atoms. The normalized spacial score (nSPS) is 11.5. The summed E-state index contributed by atoms with van der Waals surface area (Å²) in [7, 11) is 0. The molecule has 0 bridgehead atoms. The lowest BCUT2D eigenvalue weighted by Crippen LogP contribution is -1.90. The second-order valence-electron chi connectivity index (χ2n) is 8.42. The number of aromatic nitrogens is 2. The molecule has 4 aromatic rings. The lowest BCUT2D eigenvalue weighted by molar-refractivity contribution is 0.662. The molecular formula is C26H30Br2N2S4. The van der Waals surface area contributed by atoms with E-state index in [1.807, 2.05) is 22.7 Å². The molecule has 2 nitrogen and oxygen atoms in total. The van der Waals surface area contributed by atoms with Gasteiger partial charge in [-0.15, -0.1) is 45.3 Å². The average Bonchev–Trinajstić information content (AvgIpc) is 3.60. The van der Waals surface area contributed by atoms with E-state index in [0.29, 0.717) is 0 Å². The number of thiophene rings is 2. The van der Waals surface area contributed by atoms with Crippen molar-refractivity contribution in [2.45, 2.75) is 78.1 Å². The molecular weight excluding hydrogens is 628 g/mol. The van der Waals surface area contributed by atoms with E-state index in [1.54, 1.807) is 22.7 Å². The summed E-state index contributed by atoms with van der Waals surface area (Å²) in [4.78, 5) is 15.6. The maximum Gasteiger partial charge on any atom is 0.153 e. The van der Waals surface area contributed by atoms with Crippen LogP contribution in [0.3, 0.4) is 0 Å². The third kappa shape index (κ3) is 6.88. The van der Waals surface area contributed by atoms with E-state index in [-0.39, 0.29) is 0 Å². The molecule has 0 radical (unpaired) electrons. The molecule has 0 spiro atoms. The van der Waals surface area contributed by atoms with Crippen LogP contribution in [0.5, 0.6) is 0 Å². The van der Waals surface area contributed by atoms with Gasteiger partial charge in [0.05, 0.1) is 28.7 Å². The van der Waals surface area contributed by atoms with Crippen LogP contribution < -0.4 is 0 Å². The summed E-state index contributed by atoms with van der Waals surface area (Å²) in [5.74, 6) is 0. The minimum atomic E-state index is 1.04. The highest BCUT2D eigenvalue weighted by molar-refractivity contribution is 9.11. The van der Waals surface area contributed by atoms with Crippen LogP contribution in [-0.4, -0.2) is 9.97 Å². The number of hydrogen-bond acceptors (Lipinski definition) is 6. The predicted octanol–water partition coefficient (Wildman–Crippen LogP) is 11.5. The Morgan fingerprint density at radius 1 is 0.588 bits per heavy atom. The number of unbranched alkanes of at least 4 members (excludes halogenated alkanes) is 6. The molecule has 8 heteroatoms. The highest BCUT2D eigenvalue weighted by Crippen LogP contribution is 2.45. The van der Waals surface area contributed by atoms with Crippen molar-refractivity contribution >= 4 is 77.2 Å². The molecule has 0 aliphatic rings. The van der Waals surface area contributed by atoms with E-state index in [0.717, 1.165) is 22.9 Å². The monoisotopic (exact) mass is 656 g/mol. The standard InChI is InChI=1S/C26H30Br2N2S4/c1-3-5-7-9-11-17-23(19-13-15-21(27)31-19)33-25(29-17)26-30-18(12-10-8-6-4-2)24(34-26)20-14-16-22(28)32-20/h13-16H,3-12H2,1-2H3. The zero-order valence-corrected chi connectivity index (χ0v) is 26.1. The van der Waals surface area contributed by atoms with Gasteiger partial charge in [0.2, 0.25) is 0 Å². The van der Waals surface area contributed by atoms with Crippen molar-refractivity contribution in [1.82, 2.24) is 9.97 Å². The van der Waals surface area contributed by atoms with Gasteiger partial charge in [-0.1, -0.05) is 52.4 Å². The van der Waals surface area contributed by atoms with Crippen LogP contribution in [0, 0.1) is 0 Å². The molecule has 0 aliphatic heterocycles. The van der Waals surface area contributed by atoms with Gasteiger partial charge in [-0.05, 0) is 81.8 Å². The Hall–Kier alpha value is -0.380. The molecule has 4 aromatic heterocycles. The Kier molecular flexibility index (Phi) is 10.4. The van der Waals surface area contributed by atoms with Gasteiger partial charge in [0.25, 0.3) is 0 Å². The molecule has 0 amide bonds. The highest BCUT2D eigenvalue weighted by Gasteiger charge is 2.21. The van der Waals surface area contributed by atoms with Gasteiger partial charge in [0, 0.05) is 9.75 Å². The van der Waals surface area contributed by atoms with Crippen molar-refractivity contribution in [2.75, 3.05) is 0 Å². The molecule has 4 rings (SSSR count). The van der Waals surface area contributed by atoms with Crippen molar-refractivity contribution < 1.29 is 0 Å². The topological polar surface area (TPSA) is 25.8 Å². The zero-order valence-electron chi connectivity index (χ0n) is 19.7. The van der Waals surface area contributed by atoms with Crippen molar-refractivity contribution in [3.63, 3.8) is 0 Å². The predicted molar refractivity (Wildman–Crippen MR) is 161 cm³/mol. The van der Waals surface area contributed by atoms with Gasteiger partial charge in [-0.25, -0.2) is 9.97 Å². The largest absolute Gasteiger partial charge is 0.238 e. The molecule has 0 N–H and O–H groups in total. The van der Waals surface area contributed by atoms with E-state index in [9.17, 15) is 0 Å². The van der Waals surface area contributed by atoms with Crippen molar-refractivity contribution in [3.8, 4) is 29.5 Å². The first-order chi connectivity index (χ1) is 16.6. The van der Waals surface area contributed by atoms with Crippen LogP contribution in [0.4, 0.5) is 0 Å². The Morgan fingerprint density at radius 3 is 1.38 bits per heavy atom. The minimum absolute atomic E-state index is 1.04. The summed E-state index contributed by atoms with van der Waals surface area (Å²) in [6, 6.07) is 8.73. The molecule has 0 saturated heterocycles. The Balaban J connectivity index is 1.66. The quantitative estimate of drug-likeness (QED) is 0.134. The van der Waals surface area contributed by atoms with Crippen LogP contribution in [0.1, 0.15) is 76.6 Å². The third-order valence-corrected chi connectivity index (χ3v) is 11.7. The molecule has 182 valence electrons. The molecule has 0 aromatic carbocycles. The fraction of sp³-hybridized carbons (Fsp3) is 0.462. The Labute approximate surface area is 236 Å². The number of hydrogen-bond donors (Lipinski definition) is 0. The van der Waals surface area contributed by atoms with Crippen LogP contribution in [0.2, 0.25) is 0 Å². The molecule has 0 saturated carbocycles. The van der Waals surface area contributed by atoms with Crippen molar-refractivity contribution in [1.29, 1.82) is 0 Å². The van der Waals surface area contributed by atoms with Crippen molar-refractivity contribution in [2.24, 2.45) is 0 Å². The maximum absolute atomic E-state index is 5.18. The minimum Gasteiger partial charge on any atom is -0.238 e. The maximum atomic E-state index is 5.18. The second-order valence-corrected chi connectivity index (χ2v) is 15.3. The summed E-state index contributed by atoms with van der Waals surface area (Å²) in [5.41, 5.74) is 2.48. The summed E-state index contributed by atoms with van der Waals surface area (Å²) in [6.45, 7) is 4.53. The van der Waals surface area contributed by atoms with Gasteiger partial charge in [0.15, 0.2) is 10.0 Å². The molecule has 0 fully saturated rings. The Bertz CT molecular complexity index is 1090. The van der Waals surface area contributed by atoms with E-state index in [2.05, 4.69) is 70.0 Å². The Morgan fingerprint density at radius 2 is 1.03 bits per heavy atom. The second kappa shape index (κ2) is 13.2. The van der Waals surface area contributed by atoms with E-state index < -0.39 is 0 Å². The number of aryl methyl sites for hydroxylation is 2. The van der Waals surface area contributed by atoms with Gasteiger partial charge < -0.3 is 0 Å². The first kappa shape index (κ1) is 26.7. The fourth-order valence-electron chi connectivity index (χ4n) is 3.92. The van der Waals surface area contributed by atoms with E-state index in [1.165, 1.54) is 89.8 Å². The molecule has 0 atom stereocenters. The smallest absolute Gasteiger partial charge is 0.153 e. The van der Waals surface area contributed by atoms with Crippen LogP contribution >= 0.6 is 77.2 Å². The van der Waals surface area contributed by atoms with E-state index >= 15 is 0 Å². The summed E-state index contributed by atoms with van der Waals surface area (Å²) >= 11 is 14.5. The van der Waals surface area contributed by atoms with Gasteiger partial charge in [-0.2, -0.15) is 0 Å². The molecule has 4 heterocycles. The highest BCUT2D eigenvalue weighted by atomic mass is 79.9.